The van der Waals surface area contributed by atoms with Crippen molar-refractivity contribution in [1.82, 2.24) is 4.98 Å². The van der Waals surface area contributed by atoms with E-state index in [-0.39, 0.29) is 0 Å². The SMILES string of the molecule is C=C(C)C=Cc1ccc2ccccc2n1. The molecule has 0 saturated heterocycles. The summed E-state index contributed by atoms with van der Waals surface area (Å²) in [7, 11) is 0. The van der Waals surface area contributed by atoms with Crippen LogP contribution in [-0.2, 0) is 0 Å². The van der Waals surface area contributed by atoms with Gasteiger partial charge in [-0.25, -0.2) is 4.98 Å². The molecule has 2 rings (SSSR count). The number of hydrogen-bond donors (Lipinski definition) is 0. The normalized spacial score (nSPS) is 11.0. The number of rotatable bonds is 2. The molecule has 74 valence electrons. The summed E-state index contributed by atoms with van der Waals surface area (Å²) in [6, 6.07) is 12.2. The summed E-state index contributed by atoms with van der Waals surface area (Å²) in [6.07, 6.45) is 3.95. The van der Waals surface area contributed by atoms with E-state index in [1.54, 1.807) is 0 Å². The Morgan fingerprint density at radius 1 is 1.20 bits per heavy atom. The molecule has 1 heteroatoms. The molecule has 1 aromatic heterocycles. The average Bonchev–Trinajstić information content (AvgIpc) is 2.26. The van der Waals surface area contributed by atoms with Gasteiger partial charge < -0.3 is 0 Å². The maximum atomic E-state index is 4.52. The van der Waals surface area contributed by atoms with Crippen molar-refractivity contribution in [1.29, 1.82) is 0 Å². The highest BCUT2D eigenvalue weighted by molar-refractivity contribution is 5.79. The summed E-state index contributed by atoms with van der Waals surface area (Å²) in [4.78, 5) is 4.52. The lowest BCUT2D eigenvalue weighted by Gasteiger charge is -1.98. The van der Waals surface area contributed by atoms with E-state index in [1.807, 2.05) is 43.3 Å². The van der Waals surface area contributed by atoms with Crippen LogP contribution >= 0.6 is 0 Å². The van der Waals surface area contributed by atoms with E-state index in [1.165, 1.54) is 5.39 Å². The molecule has 1 nitrogen and oxygen atoms in total. The highest BCUT2D eigenvalue weighted by atomic mass is 14.7. The molecule has 0 fully saturated rings. The molecule has 15 heavy (non-hydrogen) atoms. The smallest absolute Gasteiger partial charge is 0.0709 e. The maximum absolute atomic E-state index is 4.52. The van der Waals surface area contributed by atoms with Crippen molar-refractivity contribution in [3.63, 3.8) is 0 Å². The minimum Gasteiger partial charge on any atom is -0.248 e. The first kappa shape index (κ1) is 9.66. The van der Waals surface area contributed by atoms with E-state index in [2.05, 4.69) is 23.7 Å². The zero-order chi connectivity index (χ0) is 10.7. The quantitative estimate of drug-likeness (QED) is 0.664. The number of hydrogen-bond acceptors (Lipinski definition) is 1. The summed E-state index contributed by atoms with van der Waals surface area (Å²) in [6.45, 7) is 5.79. The van der Waals surface area contributed by atoms with Gasteiger partial charge in [0.1, 0.15) is 0 Å². The lowest BCUT2D eigenvalue weighted by molar-refractivity contribution is 1.37. The second-order valence-electron chi connectivity index (χ2n) is 3.61. The van der Waals surface area contributed by atoms with E-state index >= 15 is 0 Å². The van der Waals surface area contributed by atoms with Crippen LogP contribution in [0.2, 0.25) is 0 Å². The van der Waals surface area contributed by atoms with Crippen LogP contribution in [0.1, 0.15) is 12.6 Å². The van der Waals surface area contributed by atoms with E-state index in [0.29, 0.717) is 0 Å². The van der Waals surface area contributed by atoms with Crippen LogP contribution in [-0.4, -0.2) is 4.98 Å². The fraction of sp³-hybridized carbons (Fsp3) is 0.0714. The first-order chi connectivity index (χ1) is 7.25. The molecule has 1 aromatic carbocycles. The second kappa shape index (κ2) is 4.09. The summed E-state index contributed by atoms with van der Waals surface area (Å²) >= 11 is 0. The van der Waals surface area contributed by atoms with Gasteiger partial charge in [-0.3, -0.25) is 0 Å². The Balaban J connectivity index is 2.43. The van der Waals surface area contributed by atoms with Crippen molar-refractivity contribution >= 4 is 17.0 Å². The minimum atomic E-state index is 0.969. The fourth-order valence-corrected chi connectivity index (χ4v) is 1.40. The van der Waals surface area contributed by atoms with Gasteiger partial charge in [-0.15, -0.1) is 0 Å². The topological polar surface area (TPSA) is 12.9 Å². The first-order valence-corrected chi connectivity index (χ1v) is 4.95. The maximum Gasteiger partial charge on any atom is 0.0709 e. The first-order valence-electron chi connectivity index (χ1n) is 4.95. The standard InChI is InChI=1S/C14H13N/c1-11(2)7-9-13-10-8-12-5-3-4-6-14(12)15-13/h3-10H,1H2,2H3. The molecule has 0 aliphatic heterocycles. The number of para-hydroxylation sites is 1. The molecule has 0 spiro atoms. The van der Waals surface area contributed by atoms with Gasteiger partial charge in [0, 0.05) is 5.39 Å². The van der Waals surface area contributed by atoms with Gasteiger partial charge in [0.15, 0.2) is 0 Å². The average molecular weight is 195 g/mol. The van der Waals surface area contributed by atoms with Gasteiger partial charge in [-0.2, -0.15) is 0 Å². The van der Waals surface area contributed by atoms with E-state index in [9.17, 15) is 0 Å². The highest BCUT2D eigenvalue weighted by Crippen LogP contribution is 2.12. The molecular weight excluding hydrogens is 182 g/mol. The van der Waals surface area contributed by atoms with Crippen molar-refractivity contribution in [3.8, 4) is 0 Å². The van der Waals surface area contributed by atoms with Gasteiger partial charge >= 0.3 is 0 Å². The Hall–Kier alpha value is -1.89. The van der Waals surface area contributed by atoms with Crippen LogP contribution in [0.25, 0.3) is 17.0 Å². The van der Waals surface area contributed by atoms with Crippen molar-refractivity contribution < 1.29 is 0 Å². The predicted molar refractivity (Wildman–Crippen MR) is 65.6 cm³/mol. The number of aromatic nitrogens is 1. The van der Waals surface area contributed by atoms with Crippen LogP contribution in [0.4, 0.5) is 0 Å². The van der Waals surface area contributed by atoms with Crippen molar-refractivity contribution in [3.05, 3.63) is 60.3 Å². The third kappa shape index (κ3) is 2.32. The third-order valence-electron chi connectivity index (χ3n) is 2.16. The monoisotopic (exact) mass is 195 g/mol. The molecular formula is C14H13N. The van der Waals surface area contributed by atoms with Gasteiger partial charge in [0.05, 0.1) is 11.2 Å². The molecule has 0 aliphatic carbocycles. The molecule has 0 saturated carbocycles. The van der Waals surface area contributed by atoms with Crippen molar-refractivity contribution in [2.24, 2.45) is 0 Å². The fourth-order valence-electron chi connectivity index (χ4n) is 1.40. The zero-order valence-corrected chi connectivity index (χ0v) is 8.77. The minimum absolute atomic E-state index is 0.969. The Kier molecular flexibility index (Phi) is 2.64. The highest BCUT2D eigenvalue weighted by Gasteiger charge is 1.93. The van der Waals surface area contributed by atoms with Crippen LogP contribution in [0.5, 0.6) is 0 Å². The van der Waals surface area contributed by atoms with Crippen LogP contribution in [0, 0.1) is 0 Å². The number of fused-ring (bicyclic) bond motifs is 1. The number of allylic oxidation sites excluding steroid dienone is 2. The Morgan fingerprint density at radius 3 is 2.80 bits per heavy atom. The molecule has 0 atom stereocenters. The summed E-state index contributed by atoms with van der Waals surface area (Å²) in [5, 5.41) is 1.17. The molecule has 2 aromatic rings. The number of pyridine rings is 1. The van der Waals surface area contributed by atoms with Crippen molar-refractivity contribution in [2.45, 2.75) is 6.92 Å². The van der Waals surface area contributed by atoms with Gasteiger partial charge in [-0.05, 0) is 25.1 Å². The van der Waals surface area contributed by atoms with E-state index < -0.39 is 0 Å². The summed E-state index contributed by atoms with van der Waals surface area (Å²) in [5.41, 5.74) is 3.03. The molecule has 0 bridgehead atoms. The third-order valence-corrected chi connectivity index (χ3v) is 2.16. The second-order valence-corrected chi connectivity index (χ2v) is 3.61. The molecule has 0 N–H and O–H groups in total. The number of nitrogens with zero attached hydrogens (tertiary/aromatic N) is 1. The van der Waals surface area contributed by atoms with Gasteiger partial charge in [0.2, 0.25) is 0 Å². The summed E-state index contributed by atoms with van der Waals surface area (Å²) < 4.78 is 0. The summed E-state index contributed by atoms with van der Waals surface area (Å²) in [5.74, 6) is 0. The molecule has 0 amide bonds. The lowest BCUT2D eigenvalue weighted by Crippen LogP contribution is -1.82. The lowest BCUT2D eigenvalue weighted by atomic mass is 10.2. The Labute approximate surface area is 89.8 Å². The molecule has 0 unspecified atom stereocenters. The number of benzene rings is 1. The predicted octanol–water partition coefficient (Wildman–Crippen LogP) is 3.82. The van der Waals surface area contributed by atoms with Crippen LogP contribution < -0.4 is 0 Å². The van der Waals surface area contributed by atoms with E-state index in [4.69, 9.17) is 0 Å². The van der Waals surface area contributed by atoms with E-state index in [0.717, 1.165) is 16.8 Å². The Bertz CT molecular complexity index is 524. The molecule has 1 heterocycles. The van der Waals surface area contributed by atoms with Gasteiger partial charge in [0.25, 0.3) is 0 Å². The Morgan fingerprint density at radius 2 is 2.00 bits per heavy atom. The molecule has 0 radical (unpaired) electrons. The van der Waals surface area contributed by atoms with Crippen molar-refractivity contribution in [2.75, 3.05) is 0 Å². The molecule has 0 aliphatic rings. The zero-order valence-electron chi connectivity index (χ0n) is 8.77. The van der Waals surface area contributed by atoms with Crippen LogP contribution in [0.15, 0.2) is 54.6 Å². The largest absolute Gasteiger partial charge is 0.248 e. The van der Waals surface area contributed by atoms with Crippen LogP contribution in [0.3, 0.4) is 0 Å². The van der Waals surface area contributed by atoms with Gasteiger partial charge in [-0.1, -0.05) is 42.5 Å².